The van der Waals surface area contributed by atoms with Crippen LogP contribution in [-0.4, -0.2) is 23.3 Å². The molecule has 0 aliphatic rings. The van der Waals surface area contributed by atoms with Crippen LogP contribution in [0.2, 0.25) is 10.0 Å². The summed E-state index contributed by atoms with van der Waals surface area (Å²) in [6, 6.07) is 17.3. The predicted octanol–water partition coefficient (Wildman–Crippen LogP) is 5.83. The lowest BCUT2D eigenvalue weighted by molar-refractivity contribution is 0.0954. The van der Waals surface area contributed by atoms with E-state index in [0.717, 1.165) is 17.1 Å². The maximum absolute atomic E-state index is 12.4. The zero-order valence-electron chi connectivity index (χ0n) is 17.6. The van der Waals surface area contributed by atoms with Crippen LogP contribution in [0.4, 0.5) is 0 Å². The van der Waals surface area contributed by atoms with E-state index in [1.165, 1.54) is 12.1 Å². The number of nitrogens with one attached hydrogen (secondary N) is 1. The first-order valence-electron chi connectivity index (χ1n) is 9.85. The molecule has 0 spiro atoms. The van der Waals surface area contributed by atoms with E-state index in [4.69, 9.17) is 32.7 Å². The molecule has 3 aromatic carbocycles. The van der Waals surface area contributed by atoms with Crippen LogP contribution >= 0.6 is 23.2 Å². The highest BCUT2D eigenvalue weighted by Crippen LogP contribution is 2.31. The van der Waals surface area contributed by atoms with Gasteiger partial charge in [-0.05, 0) is 67.9 Å². The summed E-state index contributed by atoms with van der Waals surface area (Å²) in [5.41, 5.74) is 4.51. The summed E-state index contributed by atoms with van der Waals surface area (Å²) in [5, 5.41) is 14.6. The lowest BCUT2D eigenvalue weighted by Gasteiger charge is -2.09. The van der Waals surface area contributed by atoms with Crippen LogP contribution in [0.1, 0.15) is 35.3 Å². The maximum atomic E-state index is 12.4. The third-order valence-electron chi connectivity index (χ3n) is 4.50. The number of hydrogen-bond donors (Lipinski definition) is 2. The number of amides is 1. The quantitative estimate of drug-likeness (QED) is 0.319. The van der Waals surface area contributed by atoms with Crippen LogP contribution in [0.5, 0.6) is 17.2 Å². The highest BCUT2D eigenvalue weighted by atomic mass is 35.5. The van der Waals surface area contributed by atoms with E-state index in [-0.39, 0.29) is 10.8 Å². The third-order valence-corrected chi connectivity index (χ3v) is 5.01. The third kappa shape index (κ3) is 6.15. The van der Waals surface area contributed by atoms with Gasteiger partial charge in [0.2, 0.25) is 0 Å². The van der Waals surface area contributed by atoms with Crippen molar-refractivity contribution in [2.45, 2.75) is 20.5 Å². The molecular weight excluding hydrogens is 451 g/mol. The van der Waals surface area contributed by atoms with Crippen molar-refractivity contribution in [1.82, 2.24) is 5.43 Å². The first-order valence-corrected chi connectivity index (χ1v) is 10.6. The standard InChI is InChI=1S/C24H22Cl2N2O4/c1-3-31-19-8-10-20(11-9-19)32-14-16-4-6-17(7-5-16)24(30)28-27-15(2)21-12-18(25)13-22(26)23(21)29/h4-13,29H,3,14H2,1-2H3,(H,28,30)/b27-15+. The van der Waals surface area contributed by atoms with Gasteiger partial charge in [0, 0.05) is 16.1 Å². The number of phenolic OH excluding ortho intramolecular Hbond substituents is 1. The van der Waals surface area contributed by atoms with E-state index in [9.17, 15) is 9.90 Å². The predicted molar refractivity (Wildman–Crippen MR) is 126 cm³/mol. The van der Waals surface area contributed by atoms with Gasteiger partial charge in [-0.25, -0.2) is 5.43 Å². The van der Waals surface area contributed by atoms with Crippen LogP contribution in [-0.2, 0) is 6.61 Å². The van der Waals surface area contributed by atoms with Gasteiger partial charge in [-0.2, -0.15) is 5.10 Å². The Morgan fingerprint density at radius 3 is 2.25 bits per heavy atom. The van der Waals surface area contributed by atoms with E-state index in [2.05, 4.69) is 10.5 Å². The Hall–Kier alpha value is -3.22. The van der Waals surface area contributed by atoms with Gasteiger partial charge in [-0.3, -0.25) is 4.79 Å². The Bertz CT molecular complexity index is 1110. The van der Waals surface area contributed by atoms with Gasteiger partial charge in [-0.15, -0.1) is 0 Å². The number of phenols is 1. The van der Waals surface area contributed by atoms with E-state index in [1.54, 1.807) is 19.1 Å². The van der Waals surface area contributed by atoms with Crippen LogP contribution < -0.4 is 14.9 Å². The van der Waals surface area contributed by atoms with Crippen LogP contribution in [0.3, 0.4) is 0 Å². The summed E-state index contributed by atoms with van der Waals surface area (Å²) in [6.07, 6.45) is 0. The Kier molecular flexibility index (Phi) is 7.98. The molecule has 0 aliphatic heterocycles. The van der Waals surface area contributed by atoms with Crippen molar-refractivity contribution in [3.8, 4) is 17.2 Å². The molecule has 6 nitrogen and oxygen atoms in total. The molecule has 0 fully saturated rings. The van der Waals surface area contributed by atoms with Gasteiger partial charge in [-0.1, -0.05) is 35.3 Å². The molecule has 2 N–H and O–H groups in total. The van der Waals surface area contributed by atoms with Crippen LogP contribution in [0.25, 0.3) is 0 Å². The van der Waals surface area contributed by atoms with Gasteiger partial charge in [0.05, 0.1) is 17.3 Å². The molecule has 1 amide bonds. The number of rotatable bonds is 8. The largest absolute Gasteiger partial charge is 0.506 e. The second kappa shape index (κ2) is 10.9. The molecule has 0 aliphatic carbocycles. The van der Waals surface area contributed by atoms with Crippen LogP contribution in [0.15, 0.2) is 65.8 Å². The smallest absolute Gasteiger partial charge is 0.271 e. The number of nitrogens with zero attached hydrogens (tertiary/aromatic N) is 1. The number of aromatic hydroxyl groups is 1. The molecule has 0 atom stereocenters. The van der Waals surface area contributed by atoms with Crippen molar-refractivity contribution in [3.05, 3.63) is 87.4 Å². The van der Waals surface area contributed by atoms with Crippen molar-refractivity contribution < 1.29 is 19.4 Å². The second-order valence-electron chi connectivity index (χ2n) is 6.81. The van der Waals surface area contributed by atoms with Gasteiger partial charge < -0.3 is 14.6 Å². The Balaban J connectivity index is 1.58. The summed E-state index contributed by atoms with van der Waals surface area (Å²) in [7, 11) is 0. The highest BCUT2D eigenvalue weighted by Gasteiger charge is 2.12. The molecular formula is C24H22Cl2N2O4. The molecule has 166 valence electrons. The van der Waals surface area contributed by atoms with E-state index < -0.39 is 5.91 Å². The fraction of sp³-hybridized carbons (Fsp3) is 0.167. The van der Waals surface area contributed by atoms with E-state index in [1.807, 2.05) is 43.3 Å². The average Bonchev–Trinajstić information content (AvgIpc) is 2.79. The number of carbonyl (C=O) groups is 1. The number of ether oxygens (including phenoxy) is 2. The normalized spacial score (nSPS) is 11.2. The fourth-order valence-corrected chi connectivity index (χ4v) is 3.31. The lowest BCUT2D eigenvalue weighted by Crippen LogP contribution is -2.19. The molecule has 0 saturated heterocycles. The molecule has 3 rings (SSSR count). The molecule has 0 saturated carbocycles. The summed E-state index contributed by atoms with van der Waals surface area (Å²) < 4.78 is 11.2. The Morgan fingerprint density at radius 2 is 1.62 bits per heavy atom. The first-order chi connectivity index (χ1) is 15.4. The number of hydrazone groups is 1. The number of hydrogen-bond acceptors (Lipinski definition) is 5. The second-order valence-corrected chi connectivity index (χ2v) is 7.66. The lowest BCUT2D eigenvalue weighted by atomic mass is 10.1. The molecule has 0 unspecified atom stereocenters. The minimum absolute atomic E-state index is 0.108. The SMILES string of the molecule is CCOc1ccc(OCc2ccc(C(=O)N/N=C(\C)c3cc(Cl)cc(Cl)c3O)cc2)cc1. The van der Waals surface area contributed by atoms with Crippen molar-refractivity contribution >= 4 is 34.8 Å². The Morgan fingerprint density at radius 1 is 1.00 bits per heavy atom. The highest BCUT2D eigenvalue weighted by molar-refractivity contribution is 6.36. The van der Waals surface area contributed by atoms with Gasteiger partial charge in [0.25, 0.3) is 5.91 Å². The summed E-state index contributed by atoms with van der Waals surface area (Å²) in [4.78, 5) is 12.4. The molecule has 8 heteroatoms. The van der Waals surface area contributed by atoms with Crippen molar-refractivity contribution in [2.75, 3.05) is 6.61 Å². The molecule has 32 heavy (non-hydrogen) atoms. The number of halogens is 2. The van der Waals surface area contributed by atoms with Crippen LogP contribution in [0, 0.1) is 0 Å². The van der Waals surface area contributed by atoms with Crippen molar-refractivity contribution in [3.63, 3.8) is 0 Å². The van der Waals surface area contributed by atoms with Crippen molar-refractivity contribution in [2.24, 2.45) is 5.10 Å². The molecule has 0 bridgehead atoms. The summed E-state index contributed by atoms with van der Waals surface area (Å²) in [6.45, 7) is 4.54. The first kappa shape index (κ1) is 23.4. The summed E-state index contributed by atoms with van der Waals surface area (Å²) in [5.74, 6) is 0.977. The van der Waals surface area contributed by atoms with Gasteiger partial charge in [0.15, 0.2) is 0 Å². The minimum Gasteiger partial charge on any atom is -0.506 e. The fourth-order valence-electron chi connectivity index (χ4n) is 2.82. The maximum Gasteiger partial charge on any atom is 0.271 e. The average molecular weight is 473 g/mol. The zero-order chi connectivity index (χ0) is 23.1. The minimum atomic E-state index is -0.393. The Labute approximate surface area is 196 Å². The molecule has 0 aromatic heterocycles. The van der Waals surface area contributed by atoms with E-state index >= 15 is 0 Å². The molecule has 0 heterocycles. The molecule has 0 radical (unpaired) electrons. The monoisotopic (exact) mass is 472 g/mol. The number of benzene rings is 3. The van der Waals surface area contributed by atoms with Gasteiger partial charge >= 0.3 is 0 Å². The zero-order valence-corrected chi connectivity index (χ0v) is 19.1. The summed E-state index contributed by atoms with van der Waals surface area (Å²) >= 11 is 11.9. The van der Waals surface area contributed by atoms with Crippen molar-refractivity contribution in [1.29, 1.82) is 0 Å². The number of carbonyl (C=O) groups excluding carboxylic acids is 1. The topological polar surface area (TPSA) is 80.2 Å². The van der Waals surface area contributed by atoms with E-state index in [0.29, 0.717) is 35.1 Å². The molecule has 3 aromatic rings. The van der Waals surface area contributed by atoms with Gasteiger partial charge in [0.1, 0.15) is 23.9 Å².